The Morgan fingerprint density at radius 1 is 1.41 bits per heavy atom. The molecule has 0 spiro atoms. The number of hydrogen-bond acceptors (Lipinski definition) is 2. The van der Waals surface area contributed by atoms with Crippen molar-refractivity contribution in [2.45, 2.75) is 51.2 Å². The van der Waals surface area contributed by atoms with Gasteiger partial charge in [-0.1, -0.05) is 28.8 Å². The van der Waals surface area contributed by atoms with Crippen LogP contribution in [-0.4, -0.2) is 41.4 Å². The molecule has 1 amide bonds. The Morgan fingerprint density at radius 2 is 2.24 bits per heavy atom. The van der Waals surface area contributed by atoms with E-state index < -0.39 is 0 Å². The second-order valence-corrected chi connectivity index (χ2v) is 5.91. The minimum absolute atomic E-state index is 0.102. The molecule has 98 valence electrons. The van der Waals surface area contributed by atoms with Crippen LogP contribution in [0, 0.1) is 5.92 Å². The van der Waals surface area contributed by atoms with Gasteiger partial charge >= 0.3 is 0 Å². The Bertz CT molecular complexity index is 272. The summed E-state index contributed by atoms with van der Waals surface area (Å²) in [5.41, 5.74) is 0. The number of carbonyl (C=O) groups excluding carboxylic acids is 1. The molecule has 0 aliphatic carbocycles. The Hall–Kier alpha value is -0.0900. The van der Waals surface area contributed by atoms with E-state index in [4.69, 9.17) is 4.74 Å². The molecule has 17 heavy (non-hydrogen) atoms. The third-order valence-electron chi connectivity index (χ3n) is 3.89. The molecule has 2 fully saturated rings. The zero-order valence-electron chi connectivity index (χ0n) is 10.5. The first-order valence-corrected chi connectivity index (χ1v) is 7.82. The number of nitrogens with zero attached hydrogens (tertiary/aromatic N) is 1. The Morgan fingerprint density at radius 3 is 2.88 bits per heavy atom. The van der Waals surface area contributed by atoms with Gasteiger partial charge in [-0.3, -0.25) is 4.79 Å². The number of ether oxygens (including phenoxy) is 1. The molecule has 0 bridgehead atoms. The van der Waals surface area contributed by atoms with Gasteiger partial charge in [-0.25, -0.2) is 0 Å². The lowest BCUT2D eigenvalue weighted by Gasteiger charge is -2.30. The quantitative estimate of drug-likeness (QED) is 0.734. The van der Waals surface area contributed by atoms with Crippen molar-refractivity contribution in [2.24, 2.45) is 5.92 Å². The molecule has 3 nitrogen and oxygen atoms in total. The lowest BCUT2D eigenvalue weighted by Crippen LogP contribution is -2.44. The van der Waals surface area contributed by atoms with E-state index in [1.54, 1.807) is 0 Å². The van der Waals surface area contributed by atoms with E-state index in [1.807, 2.05) is 0 Å². The molecule has 0 radical (unpaired) electrons. The zero-order chi connectivity index (χ0) is 12.3. The number of halogens is 1. The molecule has 0 N–H and O–H groups in total. The lowest BCUT2D eigenvalue weighted by molar-refractivity contribution is -0.137. The summed E-state index contributed by atoms with van der Waals surface area (Å²) in [6.07, 6.45) is 5.93. The van der Waals surface area contributed by atoms with E-state index in [2.05, 4.69) is 27.8 Å². The lowest BCUT2D eigenvalue weighted by atomic mass is 10.0. The summed E-state index contributed by atoms with van der Waals surface area (Å²) < 4.78 is 5.52. The van der Waals surface area contributed by atoms with Crippen molar-refractivity contribution >= 4 is 21.8 Å². The SMILES string of the molecule is CC1CC(C(=O)N2CCCCCC2CBr)CO1. The maximum absolute atomic E-state index is 12.5. The van der Waals surface area contributed by atoms with Gasteiger partial charge in [0.05, 0.1) is 18.6 Å². The van der Waals surface area contributed by atoms with Crippen molar-refractivity contribution in [3.63, 3.8) is 0 Å². The van der Waals surface area contributed by atoms with Crippen LogP contribution in [0.15, 0.2) is 0 Å². The van der Waals surface area contributed by atoms with Gasteiger partial charge in [0.1, 0.15) is 0 Å². The highest BCUT2D eigenvalue weighted by Gasteiger charge is 2.34. The monoisotopic (exact) mass is 303 g/mol. The average Bonchev–Trinajstić information content (AvgIpc) is 2.64. The Kier molecular flexibility index (Phi) is 4.86. The number of carbonyl (C=O) groups is 1. The van der Waals surface area contributed by atoms with Crippen molar-refractivity contribution in [3.8, 4) is 0 Å². The zero-order valence-corrected chi connectivity index (χ0v) is 12.1. The molecule has 0 aromatic heterocycles. The van der Waals surface area contributed by atoms with Gasteiger partial charge in [-0.15, -0.1) is 0 Å². The number of amides is 1. The summed E-state index contributed by atoms with van der Waals surface area (Å²) in [6, 6.07) is 0.390. The molecule has 3 unspecified atom stereocenters. The predicted molar refractivity (Wildman–Crippen MR) is 71.3 cm³/mol. The fourth-order valence-electron chi connectivity index (χ4n) is 2.85. The summed E-state index contributed by atoms with van der Waals surface area (Å²) >= 11 is 3.55. The molecular weight excluding hydrogens is 282 g/mol. The highest BCUT2D eigenvalue weighted by Crippen LogP contribution is 2.25. The van der Waals surface area contributed by atoms with Crippen LogP contribution < -0.4 is 0 Å². The molecule has 2 saturated heterocycles. The molecule has 3 atom stereocenters. The highest BCUT2D eigenvalue weighted by molar-refractivity contribution is 9.09. The van der Waals surface area contributed by atoms with Crippen LogP contribution in [0.1, 0.15) is 39.0 Å². The van der Waals surface area contributed by atoms with Crippen molar-refractivity contribution in [1.82, 2.24) is 4.90 Å². The summed E-state index contributed by atoms with van der Waals surface area (Å²) in [4.78, 5) is 14.6. The van der Waals surface area contributed by atoms with Gasteiger partial charge in [0.15, 0.2) is 0 Å². The number of hydrogen-bond donors (Lipinski definition) is 0. The molecule has 4 heteroatoms. The van der Waals surface area contributed by atoms with Crippen LogP contribution >= 0.6 is 15.9 Å². The van der Waals surface area contributed by atoms with Crippen LogP contribution in [0.2, 0.25) is 0 Å². The minimum Gasteiger partial charge on any atom is -0.378 e. The van der Waals surface area contributed by atoms with Gasteiger partial charge in [0, 0.05) is 17.9 Å². The van der Waals surface area contributed by atoms with Crippen LogP contribution in [0.25, 0.3) is 0 Å². The third kappa shape index (κ3) is 3.22. The smallest absolute Gasteiger partial charge is 0.228 e. The molecule has 2 aliphatic rings. The fraction of sp³-hybridized carbons (Fsp3) is 0.923. The fourth-order valence-corrected chi connectivity index (χ4v) is 3.52. The van der Waals surface area contributed by atoms with E-state index in [-0.39, 0.29) is 12.0 Å². The first kappa shape index (κ1) is 13.3. The topological polar surface area (TPSA) is 29.5 Å². The molecule has 0 aromatic carbocycles. The maximum atomic E-state index is 12.5. The number of alkyl halides is 1. The average molecular weight is 304 g/mol. The molecule has 0 aromatic rings. The highest BCUT2D eigenvalue weighted by atomic mass is 79.9. The van der Waals surface area contributed by atoms with E-state index in [9.17, 15) is 4.79 Å². The Labute approximate surface area is 112 Å². The molecule has 2 heterocycles. The maximum Gasteiger partial charge on any atom is 0.228 e. The second kappa shape index (κ2) is 6.19. The van der Waals surface area contributed by atoms with Crippen molar-refractivity contribution in [1.29, 1.82) is 0 Å². The van der Waals surface area contributed by atoms with Crippen molar-refractivity contribution < 1.29 is 9.53 Å². The van der Waals surface area contributed by atoms with Gasteiger partial charge < -0.3 is 9.64 Å². The van der Waals surface area contributed by atoms with E-state index >= 15 is 0 Å². The van der Waals surface area contributed by atoms with Crippen molar-refractivity contribution in [3.05, 3.63) is 0 Å². The first-order valence-electron chi connectivity index (χ1n) is 6.70. The standard InChI is InChI=1S/C13H22BrNO2/c1-10-7-11(9-17-10)13(16)15-6-4-2-3-5-12(15)8-14/h10-12H,2-9H2,1H3. The third-order valence-corrected chi connectivity index (χ3v) is 4.63. The minimum atomic E-state index is 0.102. The van der Waals surface area contributed by atoms with E-state index in [1.165, 1.54) is 12.8 Å². The van der Waals surface area contributed by atoms with E-state index in [0.717, 1.165) is 31.1 Å². The largest absolute Gasteiger partial charge is 0.378 e. The molecule has 2 rings (SSSR count). The normalized spacial score (nSPS) is 34.7. The van der Waals surface area contributed by atoms with Gasteiger partial charge in [-0.2, -0.15) is 0 Å². The van der Waals surface area contributed by atoms with Gasteiger partial charge in [0.25, 0.3) is 0 Å². The van der Waals surface area contributed by atoms with Gasteiger partial charge in [-0.05, 0) is 26.2 Å². The van der Waals surface area contributed by atoms with Crippen LogP contribution in [0.3, 0.4) is 0 Å². The second-order valence-electron chi connectivity index (χ2n) is 5.27. The van der Waals surface area contributed by atoms with Gasteiger partial charge in [0.2, 0.25) is 5.91 Å². The molecule has 0 saturated carbocycles. The summed E-state index contributed by atoms with van der Waals surface area (Å²) in [7, 11) is 0. The molecular formula is C13H22BrNO2. The van der Waals surface area contributed by atoms with Crippen LogP contribution in [-0.2, 0) is 9.53 Å². The predicted octanol–water partition coefficient (Wildman–Crippen LogP) is 2.58. The van der Waals surface area contributed by atoms with E-state index in [0.29, 0.717) is 18.6 Å². The summed E-state index contributed by atoms with van der Waals surface area (Å²) in [5.74, 6) is 0.422. The number of rotatable bonds is 2. The summed E-state index contributed by atoms with van der Waals surface area (Å²) in [5, 5.41) is 0.905. The van der Waals surface area contributed by atoms with Crippen molar-refractivity contribution in [2.75, 3.05) is 18.5 Å². The van der Waals surface area contributed by atoms with Crippen LogP contribution in [0.4, 0.5) is 0 Å². The number of likely N-dealkylation sites (tertiary alicyclic amines) is 1. The summed E-state index contributed by atoms with van der Waals surface area (Å²) in [6.45, 7) is 3.60. The first-order chi connectivity index (χ1) is 8.22. The Balaban J connectivity index is 2.00. The molecule has 2 aliphatic heterocycles. The van der Waals surface area contributed by atoms with Crippen LogP contribution in [0.5, 0.6) is 0 Å².